The summed E-state index contributed by atoms with van der Waals surface area (Å²) in [6.07, 6.45) is 3.72. The minimum Gasteiger partial charge on any atom is -0.205 e. The highest BCUT2D eigenvalue weighted by molar-refractivity contribution is 9.09. The van der Waals surface area contributed by atoms with E-state index in [1.165, 1.54) is 6.07 Å². The Balaban J connectivity index is 2.89. The fraction of sp³-hybridized carbons (Fsp3) is 0.111. The molecule has 0 unspecified atom stereocenters. The zero-order valence-electron chi connectivity index (χ0n) is 6.23. The molecule has 3 heteroatoms. The lowest BCUT2D eigenvalue weighted by Crippen LogP contribution is -1.78. The van der Waals surface area contributed by atoms with Crippen LogP contribution in [0.3, 0.4) is 0 Å². The smallest absolute Gasteiger partial charge is 0.142 e. The van der Waals surface area contributed by atoms with Crippen LogP contribution in [0.2, 0.25) is 5.02 Å². The first-order valence-electron chi connectivity index (χ1n) is 3.41. The summed E-state index contributed by atoms with van der Waals surface area (Å²) < 4.78 is 12.8. The molecule has 0 N–H and O–H groups in total. The van der Waals surface area contributed by atoms with Crippen LogP contribution in [-0.2, 0) is 0 Å². The van der Waals surface area contributed by atoms with Crippen molar-refractivity contribution in [2.75, 3.05) is 5.33 Å². The van der Waals surface area contributed by atoms with Gasteiger partial charge in [0.15, 0.2) is 0 Å². The Morgan fingerprint density at radius 1 is 1.50 bits per heavy atom. The summed E-state index contributed by atoms with van der Waals surface area (Å²) in [5, 5.41) is 0.919. The van der Waals surface area contributed by atoms with Crippen LogP contribution in [0.25, 0.3) is 6.08 Å². The van der Waals surface area contributed by atoms with E-state index in [0.717, 1.165) is 10.9 Å². The predicted molar refractivity (Wildman–Crippen MR) is 54.2 cm³/mol. The molecular formula is C9H7BrClF. The van der Waals surface area contributed by atoms with Gasteiger partial charge in [0.05, 0.1) is 5.02 Å². The molecule has 0 heterocycles. The van der Waals surface area contributed by atoms with Crippen LogP contribution in [-0.4, -0.2) is 5.33 Å². The third kappa shape index (κ3) is 2.61. The predicted octanol–water partition coefficient (Wildman–Crippen LogP) is 3.89. The van der Waals surface area contributed by atoms with E-state index in [9.17, 15) is 4.39 Å². The van der Waals surface area contributed by atoms with Crippen LogP contribution in [0.1, 0.15) is 5.56 Å². The number of hydrogen-bond acceptors (Lipinski definition) is 0. The van der Waals surface area contributed by atoms with Gasteiger partial charge in [0, 0.05) is 5.33 Å². The van der Waals surface area contributed by atoms with Crippen molar-refractivity contribution in [1.82, 2.24) is 0 Å². The van der Waals surface area contributed by atoms with Gasteiger partial charge in [-0.05, 0) is 17.7 Å². The molecule has 0 aliphatic carbocycles. The van der Waals surface area contributed by atoms with Crippen molar-refractivity contribution in [2.24, 2.45) is 0 Å². The van der Waals surface area contributed by atoms with Gasteiger partial charge in [-0.2, -0.15) is 0 Å². The lowest BCUT2D eigenvalue weighted by atomic mass is 10.2. The highest BCUT2D eigenvalue weighted by Crippen LogP contribution is 2.16. The summed E-state index contributed by atoms with van der Waals surface area (Å²) in [7, 11) is 0. The summed E-state index contributed by atoms with van der Waals surface area (Å²) in [5.41, 5.74) is 0.816. The van der Waals surface area contributed by atoms with Gasteiger partial charge in [0.2, 0.25) is 0 Å². The Labute approximate surface area is 84.2 Å². The topological polar surface area (TPSA) is 0 Å². The van der Waals surface area contributed by atoms with Gasteiger partial charge in [0.1, 0.15) is 5.82 Å². The van der Waals surface area contributed by atoms with Crippen molar-refractivity contribution in [3.63, 3.8) is 0 Å². The van der Waals surface area contributed by atoms with E-state index in [1.54, 1.807) is 12.1 Å². The zero-order chi connectivity index (χ0) is 8.97. The summed E-state index contributed by atoms with van der Waals surface area (Å²) in [6, 6.07) is 4.72. The zero-order valence-corrected chi connectivity index (χ0v) is 8.57. The van der Waals surface area contributed by atoms with E-state index in [2.05, 4.69) is 15.9 Å². The van der Waals surface area contributed by atoms with Crippen LogP contribution in [0.4, 0.5) is 4.39 Å². The van der Waals surface area contributed by atoms with Crippen LogP contribution < -0.4 is 0 Å². The Kier molecular flexibility index (Phi) is 3.76. The van der Waals surface area contributed by atoms with Gasteiger partial charge < -0.3 is 0 Å². The molecule has 0 spiro atoms. The van der Waals surface area contributed by atoms with E-state index in [-0.39, 0.29) is 10.8 Å². The lowest BCUT2D eigenvalue weighted by Gasteiger charge is -1.95. The molecule has 12 heavy (non-hydrogen) atoms. The second-order valence-electron chi connectivity index (χ2n) is 2.23. The van der Waals surface area contributed by atoms with Crippen molar-refractivity contribution in [2.45, 2.75) is 0 Å². The fourth-order valence-corrected chi connectivity index (χ4v) is 1.10. The van der Waals surface area contributed by atoms with E-state index < -0.39 is 0 Å². The van der Waals surface area contributed by atoms with Crippen molar-refractivity contribution in [1.29, 1.82) is 0 Å². The molecule has 0 aromatic heterocycles. The van der Waals surface area contributed by atoms with Gasteiger partial charge >= 0.3 is 0 Å². The van der Waals surface area contributed by atoms with Gasteiger partial charge in [-0.3, -0.25) is 0 Å². The number of halogens is 3. The summed E-state index contributed by atoms with van der Waals surface area (Å²) >= 11 is 8.74. The first-order chi connectivity index (χ1) is 5.74. The molecule has 1 aromatic rings. The number of allylic oxidation sites excluding steroid dienone is 1. The highest BCUT2D eigenvalue weighted by atomic mass is 79.9. The van der Waals surface area contributed by atoms with E-state index in [0.29, 0.717) is 0 Å². The number of benzene rings is 1. The number of hydrogen-bond donors (Lipinski definition) is 0. The average Bonchev–Trinajstić information content (AvgIpc) is 2.07. The minimum atomic E-state index is -0.381. The number of alkyl halides is 1. The van der Waals surface area contributed by atoms with Gasteiger partial charge in [-0.25, -0.2) is 4.39 Å². The van der Waals surface area contributed by atoms with E-state index in [4.69, 9.17) is 11.6 Å². The molecular weight excluding hydrogens is 242 g/mol. The molecule has 0 aliphatic rings. The molecule has 1 rings (SSSR count). The SMILES string of the molecule is Fc1cc(C=CCBr)ccc1Cl. The Morgan fingerprint density at radius 2 is 2.25 bits per heavy atom. The maximum absolute atomic E-state index is 12.8. The Hall–Kier alpha value is -0.340. The molecule has 0 aliphatic heterocycles. The van der Waals surface area contributed by atoms with Crippen LogP contribution in [0.15, 0.2) is 24.3 Å². The summed E-state index contributed by atoms with van der Waals surface area (Å²) in [6.45, 7) is 0. The van der Waals surface area contributed by atoms with Gasteiger partial charge in [-0.1, -0.05) is 45.7 Å². The van der Waals surface area contributed by atoms with Gasteiger partial charge in [0.25, 0.3) is 0 Å². The third-order valence-corrected chi connectivity index (χ3v) is 2.02. The third-order valence-electron chi connectivity index (χ3n) is 1.34. The molecule has 0 nitrogen and oxygen atoms in total. The first-order valence-corrected chi connectivity index (χ1v) is 4.91. The Bertz CT molecular complexity index is 297. The van der Waals surface area contributed by atoms with E-state index >= 15 is 0 Å². The van der Waals surface area contributed by atoms with Crippen molar-refractivity contribution in [3.05, 3.63) is 40.7 Å². The quantitative estimate of drug-likeness (QED) is 0.698. The second kappa shape index (κ2) is 4.63. The summed E-state index contributed by atoms with van der Waals surface area (Å²) in [5.74, 6) is -0.381. The van der Waals surface area contributed by atoms with Gasteiger partial charge in [-0.15, -0.1) is 0 Å². The highest BCUT2D eigenvalue weighted by Gasteiger charge is 1.97. The monoisotopic (exact) mass is 248 g/mol. The molecule has 0 fully saturated rings. The summed E-state index contributed by atoms with van der Waals surface area (Å²) in [4.78, 5) is 0. The van der Waals surface area contributed by atoms with Crippen LogP contribution >= 0.6 is 27.5 Å². The fourth-order valence-electron chi connectivity index (χ4n) is 0.797. The normalized spacial score (nSPS) is 10.9. The second-order valence-corrected chi connectivity index (χ2v) is 3.28. The average molecular weight is 250 g/mol. The number of rotatable bonds is 2. The lowest BCUT2D eigenvalue weighted by molar-refractivity contribution is 0.628. The molecule has 64 valence electrons. The molecule has 0 saturated heterocycles. The first kappa shape index (κ1) is 9.75. The molecule has 0 atom stereocenters. The van der Waals surface area contributed by atoms with Crippen LogP contribution in [0, 0.1) is 5.82 Å². The molecule has 0 radical (unpaired) electrons. The van der Waals surface area contributed by atoms with Crippen LogP contribution in [0.5, 0.6) is 0 Å². The molecule has 1 aromatic carbocycles. The van der Waals surface area contributed by atoms with Crippen molar-refractivity contribution < 1.29 is 4.39 Å². The minimum absolute atomic E-state index is 0.158. The maximum atomic E-state index is 12.8. The molecule has 0 amide bonds. The molecule has 0 saturated carbocycles. The Morgan fingerprint density at radius 3 is 2.83 bits per heavy atom. The largest absolute Gasteiger partial charge is 0.205 e. The van der Waals surface area contributed by atoms with Crippen molar-refractivity contribution >= 4 is 33.6 Å². The maximum Gasteiger partial charge on any atom is 0.142 e. The standard InChI is InChI=1S/C9H7BrClF/c10-5-1-2-7-3-4-8(11)9(12)6-7/h1-4,6H,5H2. The van der Waals surface area contributed by atoms with E-state index in [1.807, 2.05) is 12.2 Å². The van der Waals surface area contributed by atoms with Crippen molar-refractivity contribution in [3.8, 4) is 0 Å². The molecule has 0 bridgehead atoms.